The molecule has 2 aliphatic rings. The lowest BCUT2D eigenvalue weighted by Crippen LogP contribution is -2.55. The average molecular weight is 443 g/mol. The number of nitrogens with zero attached hydrogens (tertiary/aromatic N) is 2. The van der Waals surface area contributed by atoms with E-state index in [0.29, 0.717) is 17.9 Å². The minimum absolute atomic E-state index is 0.0530. The van der Waals surface area contributed by atoms with E-state index in [9.17, 15) is 18.0 Å². The van der Waals surface area contributed by atoms with Crippen molar-refractivity contribution in [3.05, 3.63) is 76.9 Å². The maximum absolute atomic E-state index is 13.1. The third-order valence-electron chi connectivity index (χ3n) is 6.52. The van der Waals surface area contributed by atoms with Crippen LogP contribution >= 0.6 is 0 Å². The second kappa shape index (κ2) is 9.49. The molecule has 0 aromatic heterocycles. The summed E-state index contributed by atoms with van der Waals surface area (Å²) in [5.74, 6) is 0.411. The molecule has 1 amide bonds. The molecule has 0 radical (unpaired) electrons. The number of carbonyl (C=O) groups excluding carboxylic acids is 1. The lowest BCUT2D eigenvalue weighted by molar-refractivity contribution is -0.142. The van der Waals surface area contributed by atoms with Crippen molar-refractivity contribution >= 4 is 12.0 Å². The average Bonchev–Trinajstić information content (AvgIpc) is 2.76. The number of fused-ring (bicyclic) bond motifs is 1. The molecule has 0 bridgehead atoms. The number of carbonyl (C=O) groups is 1. The van der Waals surface area contributed by atoms with Crippen molar-refractivity contribution in [1.82, 2.24) is 9.80 Å². The highest BCUT2D eigenvalue weighted by atomic mass is 19.4. The minimum Gasteiger partial charge on any atom is -0.335 e. The summed E-state index contributed by atoms with van der Waals surface area (Å²) in [5, 5.41) is 0. The number of likely N-dealkylation sites (tertiary alicyclic amines) is 2. The first kappa shape index (κ1) is 22.6. The SMILES string of the molecule is CC(=Cc1ccccc1)CN1CC[C@H]2[C@H](CCC(=O)N2Cc2cccc(C(F)(F)F)c2)C1. The Kier molecular flexibility index (Phi) is 6.70. The third kappa shape index (κ3) is 5.41. The number of hydrogen-bond acceptors (Lipinski definition) is 2. The second-order valence-electron chi connectivity index (χ2n) is 9.01. The quantitative estimate of drug-likeness (QED) is 0.600. The van der Waals surface area contributed by atoms with Gasteiger partial charge < -0.3 is 4.90 Å². The summed E-state index contributed by atoms with van der Waals surface area (Å²) in [6, 6.07) is 15.7. The number of rotatable bonds is 5. The molecule has 2 heterocycles. The van der Waals surface area contributed by atoms with E-state index >= 15 is 0 Å². The second-order valence-corrected chi connectivity index (χ2v) is 9.01. The molecule has 2 fully saturated rings. The molecule has 4 rings (SSSR count). The highest BCUT2D eigenvalue weighted by Gasteiger charge is 2.39. The van der Waals surface area contributed by atoms with Gasteiger partial charge in [0.15, 0.2) is 0 Å². The first-order valence-electron chi connectivity index (χ1n) is 11.2. The summed E-state index contributed by atoms with van der Waals surface area (Å²) in [6.07, 6.45) is -0.00131. The van der Waals surface area contributed by atoms with E-state index in [1.807, 2.05) is 23.1 Å². The number of benzene rings is 2. The molecule has 2 saturated heterocycles. The van der Waals surface area contributed by atoms with Gasteiger partial charge in [-0.05, 0) is 48.9 Å². The summed E-state index contributed by atoms with van der Waals surface area (Å²) in [6.45, 7) is 5.07. The van der Waals surface area contributed by atoms with Crippen molar-refractivity contribution in [1.29, 1.82) is 0 Å². The van der Waals surface area contributed by atoms with Crippen molar-refractivity contribution in [2.24, 2.45) is 5.92 Å². The van der Waals surface area contributed by atoms with Gasteiger partial charge in [0.1, 0.15) is 0 Å². The molecule has 6 heteroatoms. The topological polar surface area (TPSA) is 23.6 Å². The van der Waals surface area contributed by atoms with Gasteiger partial charge in [-0.2, -0.15) is 13.2 Å². The van der Waals surface area contributed by atoms with E-state index in [-0.39, 0.29) is 18.5 Å². The molecule has 0 unspecified atom stereocenters. The Labute approximate surface area is 187 Å². The summed E-state index contributed by atoms with van der Waals surface area (Å²) in [7, 11) is 0. The van der Waals surface area contributed by atoms with Crippen LogP contribution in [0.3, 0.4) is 0 Å². The van der Waals surface area contributed by atoms with Crippen LogP contribution in [0.4, 0.5) is 13.2 Å². The lowest BCUT2D eigenvalue weighted by atomic mass is 9.83. The number of amides is 1. The van der Waals surface area contributed by atoms with Gasteiger partial charge in [0.05, 0.1) is 5.56 Å². The van der Waals surface area contributed by atoms with E-state index in [0.717, 1.165) is 38.5 Å². The number of alkyl halides is 3. The van der Waals surface area contributed by atoms with E-state index in [2.05, 4.69) is 30.0 Å². The van der Waals surface area contributed by atoms with Gasteiger partial charge in [-0.3, -0.25) is 9.69 Å². The molecule has 3 nitrogen and oxygen atoms in total. The van der Waals surface area contributed by atoms with Crippen LogP contribution in [-0.4, -0.2) is 41.4 Å². The Balaban J connectivity index is 1.41. The minimum atomic E-state index is -4.37. The van der Waals surface area contributed by atoms with Gasteiger partial charge in [0.25, 0.3) is 0 Å². The highest BCUT2D eigenvalue weighted by Crippen LogP contribution is 2.34. The molecule has 2 aromatic rings. The number of halogens is 3. The monoisotopic (exact) mass is 442 g/mol. The van der Waals surface area contributed by atoms with Crippen LogP contribution < -0.4 is 0 Å². The van der Waals surface area contributed by atoms with Crippen molar-refractivity contribution in [2.75, 3.05) is 19.6 Å². The molecule has 0 spiro atoms. The van der Waals surface area contributed by atoms with Gasteiger partial charge in [0, 0.05) is 38.6 Å². The van der Waals surface area contributed by atoms with E-state index in [1.54, 1.807) is 6.07 Å². The standard InChI is InChI=1S/C26H29F3N2O/c1-19(14-20-6-3-2-4-7-20)16-30-13-12-24-22(18-30)10-11-25(32)31(24)17-21-8-5-9-23(15-21)26(27,28)29/h2-9,14-15,22,24H,10-13,16-18H2,1H3/t22-,24+/m1/s1. The smallest absolute Gasteiger partial charge is 0.335 e. The predicted molar refractivity (Wildman–Crippen MR) is 120 cm³/mol. The van der Waals surface area contributed by atoms with E-state index < -0.39 is 11.7 Å². The summed E-state index contributed by atoms with van der Waals surface area (Å²) in [4.78, 5) is 16.9. The fraction of sp³-hybridized carbons (Fsp3) is 0.423. The van der Waals surface area contributed by atoms with Crippen LogP contribution in [0.15, 0.2) is 60.2 Å². The molecule has 0 N–H and O–H groups in total. The Morgan fingerprint density at radius 3 is 2.62 bits per heavy atom. The molecule has 32 heavy (non-hydrogen) atoms. The molecule has 0 aliphatic carbocycles. The molecule has 2 aliphatic heterocycles. The first-order chi connectivity index (χ1) is 15.3. The van der Waals surface area contributed by atoms with E-state index in [1.165, 1.54) is 23.3 Å². The lowest BCUT2D eigenvalue weighted by Gasteiger charge is -2.47. The third-order valence-corrected chi connectivity index (χ3v) is 6.52. The van der Waals surface area contributed by atoms with Gasteiger partial charge in [-0.1, -0.05) is 54.1 Å². The van der Waals surface area contributed by atoms with Crippen LogP contribution in [-0.2, 0) is 17.5 Å². The molecule has 0 saturated carbocycles. The zero-order valence-corrected chi connectivity index (χ0v) is 18.3. The Hall–Kier alpha value is -2.60. The highest BCUT2D eigenvalue weighted by molar-refractivity contribution is 5.77. The normalized spacial score (nSPS) is 22.7. The van der Waals surface area contributed by atoms with Crippen LogP contribution in [0.25, 0.3) is 6.08 Å². The molecule has 2 atom stereocenters. The van der Waals surface area contributed by atoms with Crippen LogP contribution in [0.1, 0.15) is 42.9 Å². The first-order valence-corrected chi connectivity index (χ1v) is 11.2. The van der Waals surface area contributed by atoms with Crippen molar-refractivity contribution in [2.45, 2.75) is 44.9 Å². The van der Waals surface area contributed by atoms with Crippen molar-refractivity contribution in [3.8, 4) is 0 Å². The van der Waals surface area contributed by atoms with Crippen molar-refractivity contribution < 1.29 is 18.0 Å². The fourth-order valence-corrected chi connectivity index (χ4v) is 5.05. The maximum atomic E-state index is 13.1. The van der Waals surface area contributed by atoms with Gasteiger partial charge in [-0.15, -0.1) is 0 Å². The van der Waals surface area contributed by atoms with Crippen LogP contribution in [0.2, 0.25) is 0 Å². The van der Waals surface area contributed by atoms with Crippen molar-refractivity contribution in [3.63, 3.8) is 0 Å². The zero-order valence-electron chi connectivity index (χ0n) is 18.3. The van der Waals surface area contributed by atoms with Gasteiger partial charge >= 0.3 is 6.18 Å². The molecular formula is C26H29F3N2O. The summed E-state index contributed by atoms with van der Waals surface area (Å²) in [5.41, 5.74) is 2.36. The van der Waals surface area contributed by atoms with Gasteiger partial charge in [-0.25, -0.2) is 0 Å². The molecule has 2 aromatic carbocycles. The Morgan fingerprint density at radius 2 is 1.88 bits per heavy atom. The maximum Gasteiger partial charge on any atom is 0.416 e. The molecule has 170 valence electrons. The molecular weight excluding hydrogens is 413 g/mol. The summed E-state index contributed by atoms with van der Waals surface area (Å²) < 4.78 is 39.3. The fourth-order valence-electron chi connectivity index (χ4n) is 5.05. The number of hydrogen-bond donors (Lipinski definition) is 0. The predicted octanol–water partition coefficient (Wildman–Crippen LogP) is 5.62. The van der Waals surface area contributed by atoms with Gasteiger partial charge in [0.2, 0.25) is 5.91 Å². The van der Waals surface area contributed by atoms with E-state index in [4.69, 9.17) is 0 Å². The Bertz CT molecular complexity index is 971. The largest absolute Gasteiger partial charge is 0.416 e. The Morgan fingerprint density at radius 1 is 1.09 bits per heavy atom. The number of piperidine rings is 2. The zero-order chi connectivity index (χ0) is 22.7. The van der Waals surface area contributed by atoms with Crippen LogP contribution in [0.5, 0.6) is 0 Å². The van der Waals surface area contributed by atoms with Crippen LogP contribution in [0, 0.1) is 5.92 Å². The summed E-state index contributed by atoms with van der Waals surface area (Å²) >= 11 is 0.